The summed E-state index contributed by atoms with van der Waals surface area (Å²) in [7, 11) is 0. The molecular weight excluding hydrogens is 416 g/mol. The number of unbranched alkanes of at least 4 members (excludes halogenated alkanes) is 11. The van der Waals surface area contributed by atoms with E-state index in [2.05, 4.69) is 19.1 Å². The normalized spacial score (nSPS) is 9.38. The van der Waals surface area contributed by atoms with Crippen molar-refractivity contribution in [1.29, 1.82) is 0 Å². The van der Waals surface area contributed by atoms with Gasteiger partial charge in [-0.25, -0.2) is 0 Å². The lowest BCUT2D eigenvalue weighted by Gasteiger charge is -1.99. The third-order valence-electron chi connectivity index (χ3n) is 3.65. The Bertz CT molecular complexity index is 432. The minimum absolute atomic E-state index is 0.332. The number of aliphatic carboxylic acids is 4. The number of carboxylic acid groups (broad SMARTS) is 4. The molecule has 0 fully saturated rings. The Morgan fingerprint density at radius 2 is 0.812 bits per heavy atom. The van der Waals surface area contributed by atoms with Crippen LogP contribution in [-0.2, 0) is 19.2 Å². The molecule has 0 aliphatic heterocycles. The smallest absolute Gasteiger partial charge is 0.303 e. The number of carbonyl (C=O) groups is 4. The number of allylic oxidation sites excluding steroid dienone is 2. The number of carboxylic acids is 4. The third-order valence-corrected chi connectivity index (χ3v) is 3.65. The number of hydrogen-bond donors (Lipinski definition) is 4. The van der Waals surface area contributed by atoms with Crippen LogP contribution in [0.2, 0.25) is 0 Å². The summed E-state index contributed by atoms with van der Waals surface area (Å²) in [5.41, 5.74) is 0. The number of rotatable bonds is 15. The molecule has 0 aromatic carbocycles. The second-order valence-corrected chi connectivity index (χ2v) is 7.29. The SMILES string of the molecule is CC(=O)O.CC(=O)O.CC(=O)O.CCCCCCCCC=CCCCCCCCC(=O)O. The van der Waals surface area contributed by atoms with Crippen molar-refractivity contribution in [2.45, 2.75) is 118 Å². The molecule has 8 heteroatoms. The average Bonchev–Trinajstić information content (AvgIpc) is 2.63. The van der Waals surface area contributed by atoms with Gasteiger partial charge in [0.1, 0.15) is 0 Å². The summed E-state index contributed by atoms with van der Waals surface area (Å²) in [6, 6.07) is 0. The summed E-state index contributed by atoms with van der Waals surface area (Å²) in [5, 5.41) is 30.8. The second-order valence-electron chi connectivity index (χ2n) is 7.29. The van der Waals surface area contributed by atoms with E-state index in [1.165, 1.54) is 70.6 Å². The lowest BCUT2D eigenvalue weighted by atomic mass is 10.1. The first-order chi connectivity index (χ1) is 15.0. The molecule has 0 unspecified atom stereocenters. The van der Waals surface area contributed by atoms with Crippen LogP contribution in [0.25, 0.3) is 0 Å². The Morgan fingerprint density at radius 1 is 0.531 bits per heavy atom. The van der Waals surface area contributed by atoms with E-state index in [-0.39, 0.29) is 0 Å². The Kier molecular flexibility index (Phi) is 38.4. The van der Waals surface area contributed by atoms with Crippen LogP contribution in [0.5, 0.6) is 0 Å². The van der Waals surface area contributed by atoms with Gasteiger partial charge in [0.05, 0.1) is 0 Å². The van der Waals surface area contributed by atoms with Gasteiger partial charge in [0, 0.05) is 27.2 Å². The van der Waals surface area contributed by atoms with E-state index in [0.717, 1.165) is 33.6 Å². The Balaban J connectivity index is -0.000000267. The van der Waals surface area contributed by atoms with E-state index in [1.54, 1.807) is 0 Å². The molecule has 0 rings (SSSR count). The van der Waals surface area contributed by atoms with E-state index in [4.69, 9.17) is 34.8 Å². The fourth-order valence-electron chi connectivity index (χ4n) is 2.35. The molecule has 0 radical (unpaired) electrons. The quantitative estimate of drug-likeness (QED) is 0.162. The van der Waals surface area contributed by atoms with Crippen molar-refractivity contribution in [1.82, 2.24) is 0 Å². The van der Waals surface area contributed by atoms with Gasteiger partial charge in [-0.3, -0.25) is 19.2 Å². The molecule has 190 valence electrons. The Labute approximate surface area is 193 Å². The summed E-state index contributed by atoms with van der Waals surface area (Å²) in [6.07, 6.45) is 21.2. The van der Waals surface area contributed by atoms with Crippen LogP contribution in [0.1, 0.15) is 118 Å². The molecule has 0 aliphatic rings. The van der Waals surface area contributed by atoms with E-state index >= 15 is 0 Å². The van der Waals surface area contributed by atoms with Gasteiger partial charge in [0.2, 0.25) is 0 Å². The summed E-state index contributed by atoms with van der Waals surface area (Å²) >= 11 is 0. The minimum Gasteiger partial charge on any atom is -0.481 e. The van der Waals surface area contributed by atoms with E-state index in [0.29, 0.717) is 6.42 Å². The molecule has 0 aromatic rings. The predicted molar refractivity (Wildman–Crippen MR) is 127 cm³/mol. The number of hydrogen-bond acceptors (Lipinski definition) is 4. The summed E-state index contributed by atoms with van der Waals surface area (Å²) < 4.78 is 0. The van der Waals surface area contributed by atoms with Crippen LogP contribution >= 0.6 is 0 Å². The monoisotopic (exact) mass is 462 g/mol. The highest BCUT2D eigenvalue weighted by molar-refractivity contribution is 5.66. The molecular formula is C24H46O8. The van der Waals surface area contributed by atoms with Crippen molar-refractivity contribution in [2.75, 3.05) is 0 Å². The van der Waals surface area contributed by atoms with Crippen LogP contribution in [-0.4, -0.2) is 44.3 Å². The van der Waals surface area contributed by atoms with Crippen LogP contribution < -0.4 is 0 Å². The first kappa shape index (κ1) is 37.0. The molecule has 0 aromatic heterocycles. The maximum Gasteiger partial charge on any atom is 0.303 e. The fraction of sp³-hybridized carbons (Fsp3) is 0.750. The average molecular weight is 463 g/mol. The topological polar surface area (TPSA) is 149 Å². The van der Waals surface area contributed by atoms with Crippen molar-refractivity contribution in [3.63, 3.8) is 0 Å². The molecule has 0 spiro atoms. The van der Waals surface area contributed by atoms with E-state index < -0.39 is 23.9 Å². The van der Waals surface area contributed by atoms with Crippen molar-refractivity contribution < 1.29 is 39.6 Å². The van der Waals surface area contributed by atoms with Crippen molar-refractivity contribution in [2.24, 2.45) is 0 Å². The Morgan fingerprint density at radius 3 is 1.12 bits per heavy atom. The first-order valence-corrected chi connectivity index (χ1v) is 11.4. The van der Waals surface area contributed by atoms with Crippen LogP contribution in [0.3, 0.4) is 0 Å². The van der Waals surface area contributed by atoms with Crippen molar-refractivity contribution >= 4 is 23.9 Å². The van der Waals surface area contributed by atoms with Gasteiger partial charge in [0.15, 0.2) is 0 Å². The lowest BCUT2D eigenvalue weighted by Crippen LogP contribution is -1.93. The van der Waals surface area contributed by atoms with Gasteiger partial charge in [-0.2, -0.15) is 0 Å². The molecule has 4 N–H and O–H groups in total. The fourth-order valence-corrected chi connectivity index (χ4v) is 2.35. The molecule has 0 saturated carbocycles. The van der Waals surface area contributed by atoms with E-state index in [9.17, 15) is 4.79 Å². The molecule has 0 saturated heterocycles. The summed E-state index contributed by atoms with van der Waals surface area (Å²) in [5.74, 6) is -3.16. The van der Waals surface area contributed by atoms with Gasteiger partial charge in [-0.1, -0.05) is 70.4 Å². The Hall–Kier alpha value is -2.38. The van der Waals surface area contributed by atoms with E-state index in [1.807, 2.05) is 0 Å². The zero-order chi connectivity index (χ0) is 25.6. The second kappa shape index (κ2) is 33.3. The molecule has 0 atom stereocenters. The standard InChI is InChI=1S/C18H34O2.3C2H4O2/c1-2-3-4-5-6-7-8-9-10-11-12-13-14-15-16-17-18(19)20;3*1-2(3)4/h9-10H,2-8,11-17H2,1H3,(H,19,20);3*1H3,(H,3,4). The molecule has 0 bridgehead atoms. The van der Waals surface area contributed by atoms with Gasteiger partial charge in [0.25, 0.3) is 17.9 Å². The van der Waals surface area contributed by atoms with Crippen LogP contribution in [0, 0.1) is 0 Å². The lowest BCUT2D eigenvalue weighted by molar-refractivity contribution is -0.137. The van der Waals surface area contributed by atoms with Crippen molar-refractivity contribution in [3.05, 3.63) is 12.2 Å². The van der Waals surface area contributed by atoms with Crippen LogP contribution in [0.4, 0.5) is 0 Å². The minimum atomic E-state index is -0.833. The molecule has 8 nitrogen and oxygen atoms in total. The highest BCUT2D eigenvalue weighted by Crippen LogP contribution is 2.09. The molecule has 0 heterocycles. The van der Waals surface area contributed by atoms with Gasteiger partial charge < -0.3 is 20.4 Å². The van der Waals surface area contributed by atoms with Gasteiger partial charge in [-0.05, 0) is 32.1 Å². The zero-order valence-electron chi connectivity index (χ0n) is 20.5. The van der Waals surface area contributed by atoms with Gasteiger partial charge in [-0.15, -0.1) is 0 Å². The third kappa shape index (κ3) is 91.6. The maximum absolute atomic E-state index is 10.3. The predicted octanol–water partition coefficient (Wildman–Crippen LogP) is 6.38. The highest BCUT2D eigenvalue weighted by Gasteiger charge is 1.95. The maximum atomic E-state index is 10.3. The molecule has 32 heavy (non-hydrogen) atoms. The zero-order valence-corrected chi connectivity index (χ0v) is 20.5. The van der Waals surface area contributed by atoms with Gasteiger partial charge >= 0.3 is 5.97 Å². The first-order valence-electron chi connectivity index (χ1n) is 11.4. The summed E-state index contributed by atoms with van der Waals surface area (Å²) in [4.78, 5) is 37.3. The summed E-state index contributed by atoms with van der Waals surface area (Å²) in [6.45, 7) is 5.51. The molecule has 0 amide bonds. The highest BCUT2D eigenvalue weighted by atomic mass is 16.4. The van der Waals surface area contributed by atoms with Crippen LogP contribution in [0.15, 0.2) is 12.2 Å². The van der Waals surface area contributed by atoms with Crippen molar-refractivity contribution in [3.8, 4) is 0 Å². The largest absolute Gasteiger partial charge is 0.481 e. The molecule has 0 aliphatic carbocycles.